The first-order valence-corrected chi connectivity index (χ1v) is 7.01. The van der Waals surface area contributed by atoms with E-state index < -0.39 is 6.29 Å². The van der Waals surface area contributed by atoms with Crippen molar-refractivity contribution in [3.05, 3.63) is 30.1 Å². The van der Waals surface area contributed by atoms with Crippen LogP contribution in [0.4, 0.5) is 0 Å². The first-order chi connectivity index (χ1) is 8.80. The lowest BCUT2D eigenvalue weighted by Crippen LogP contribution is -2.50. The molecule has 0 spiro atoms. The van der Waals surface area contributed by atoms with E-state index in [1.807, 2.05) is 18.5 Å². The van der Waals surface area contributed by atoms with Crippen LogP contribution >= 0.6 is 0 Å². The van der Waals surface area contributed by atoms with Crippen LogP contribution in [0.5, 0.6) is 0 Å². The summed E-state index contributed by atoms with van der Waals surface area (Å²) < 4.78 is 5.53. The summed E-state index contributed by atoms with van der Waals surface area (Å²) in [5, 5.41) is 9.97. The molecule has 3 heteroatoms. The molecular formula is C15H19NO2. The van der Waals surface area contributed by atoms with Crippen LogP contribution in [-0.2, 0) is 10.2 Å². The molecule has 3 aliphatic rings. The van der Waals surface area contributed by atoms with Gasteiger partial charge in [0.1, 0.15) is 0 Å². The number of nitrogens with zero attached hydrogens (tertiary/aromatic N) is 1. The van der Waals surface area contributed by atoms with Crippen LogP contribution in [0.2, 0.25) is 0 Å². The third-order valence-electron chi connectivity index (χ3n) is 5.61. The maximum absolute atomic E-state index is 9.97. The van der Waals surface area contributed by atoms with Crippen molar-refractivity contribution in [1.29, 1.82) is 0 Å². The summed E-state index contributed by atoms with van der Waals surface area (Å²) in [7, 11) is 0. The molecule has 0 radical (unpaired) electrons. The molecule has 2 bridgehead atoms. The molecular weight excluding hydrogens is 226 g/mol. The van der Waals surface area contributed by atoms with E-state index in [1.165, 1.54) is 24.8 Å². The highest BCUT2D eigenvalue weighted by Gasteiger charge is 2.61. The summed E-state index contributed by atoms with van der Waals surface area (Å²) in [6.45, 7) is 0.719. The molecule has 1 aromatic rings. The highest BCUT2D eigenvalue weighted by Crippen LogP contribution is 2.63. The Morgan fingerprint density at radius 1 is 1.39 bits per heavy atom. The van der Waals surface area contributed by atoms with E-state index in [0.29, 0.717) is 5.92 Å². The molecule has 96 valence electrons. The molecule has 3 nitrogen and oxygen atoms in total. The normalized spacial score (nSPS) is 46.1. The van der Waals surface area contributed by atoms with Gasteiger partial charge in [-0.25, -0.2) is 0 Å². The highest BCUT2D eigenvalue weighted by molar-refractivity contribution is 5.30. The van der Waals surface area contributed by atoms with Crippen molar-refractivity contribution in [2.45, 2.75) is 37.4 Å². The van der Waals surface area contributed by atoms with Crippen molar-refractivity contribution in [2.24, 2.45) is 17.8 Å². The number of rotatable bonds is 1. The molecule has 4 rings (SSSR count). The second-order valence-electron chi connectivity index (χ2n) is 6.15. The zero-order valence-electron chi connectivity index (χ0n) is 10.5. The molecule has 0 unspecified atom stereocenters. The Balaban J connectivity index is 1.83. The first-order valence-electron chi connectivity index (χ1n) is 7.01. The minimum absolute atomic E-state index is 0.134. The van der Waals surface area contributed by atoms with Crippen LogP contribution in [0.25, 0.3) is 0 Å². The summed E-state index contributed by atoms with van der Waals surface area (Å²) >= 11 is 0. The summed E-state index contributed by atoms with van der Waals surface area (Å²) in [4.78, 5) is 4.30. The number of aliphatic hydroxyl groups is 1. The van der Waals surface area contributed by atoms with Crippen LogP contribution in [0.3, 0.4) is 0 Å². The number of hydrogen-bond acceptors (Lipinski definition) is 3. The lowest BCUT2D eigenvalue weighted by atomic mass is 9.60. The van der Waals surface area contributed by atoms with Crippen LogP contribution in [0.1, 0.15) is 31.2 Å². The van der Waals surface area contributed by atoms with Crippen LogP contribution in [0.15, 0.2) is 24.5 Å². The van der Waals surface area contributed by atoms with Gasteiger partial charge in [-0.3, -0.25) is 4.98 Å². The van der Waals surface area contributed by atoms with Gasteiger partial charge in [0, 0.05) is 24.2 Å². The highest BCUT2D eigenvalue weighted by atomic mass is 16.6. The van der Waals surface area contributed by atoms with E-state index >= 15 is 0 Å². The molecule has 1 saturated heterocycles. The number of ether oxygens (including phenoxy) is 1. The van der Waals surface area contributed by atoms with Gasteiger partial charge >= 0.3 is 0 Å². The third-order valence-corrected chi connectivity index (χ3v) is 5.61. The predicted octanol–water partition coefficient (Wildman–Crippen LogP) is 2.10. The van der Waals surface area contributed by atoms with E-state index in [4.69, 9.17) is 4.74 Å². The van der Waals surface area contributed by atoms with Gasteiger partial charge < -0.3 is 9.84 Å². The first kappa shape index (κ1) is 10.9. The zero-order valence-corrected chi connectivity index (χ0v) is 10.5. The Hall–Kier alpha value is -0.930. The molecule has 1 aliphatic heterocycles. The van der Waals surface area contributed by atoms with Gasteiger partial charge in [-0.15, -0.1) is 0 Å². The molecule has 1 N–H and O–H groups in total. The summed E-state index contributed by atoms with van der Waals surface area (Å²) in [6, 6.07) is 4.22. The molecule has 2 aliphatic carbocycles. The van der Waals surface area contributed by atoms with Gasteiger partial charge in [-0.05, 0) is 48.6 Å². The molecule has 18 heavy (non-hydrogen) atoms. The maximum Gasteiger partial charge on any atom is 0.155 e. The van der Waals surface area contributed by atoms with Crippen molar-refractivity contribution in [1.82, 2.24) is 4.98 Å². The predicted molar refractivity (Wildman–Crippen MR) is 66.8 cm³/mol. The third kappa shape index (κ3) is 1.29. The minimum Gasteiger partial charge on any atom is -0.368 e. The Kier molecular flexibility index (Phi) is 2.30. The van der Waals surface area contributed by atoms with Crippen LogP contribution in [-0.4, -0.2) is 23.0 Å². The Labute approximate surface area is 107 Å². The van der Waals surface area contributed by atoms with E-state index in [-0.39, 0.29) is 5.41 Å². The second-order valence-corrected chi connectivity index (χ2v) is 6.15. The second kappa shape index (κ2) is 3.78. The lowest BCUT2D eigenvalue weighted by molar-refractivity contribution is -0.176. The quantitative estimate of drug-likeness (QED) is 0.824. The molecule has 2 saturated carbocycles. The Morgan fingerprint density at radius 2 is 2.33 bits per heavy atom. The average molecular weight is 245 g/mol. The van der Waals surface area contributed by atoms with E-state index in [2.05, 4.69) is 11.1 Å². The Morgan fingerprint density at radius 3 is 3.17 bits per heavy atom. The van der Waals surface area contributed by atoms with Gasteiger partial charge in [-0.1, -0.05) is 6.07 Å². The zero-order chi connectivity index (χ0) is 12.2. The molecule has 0 amide bonds. The van der Waals surface area contributed by atoms with Gasteiger partial charge in [0.15, 0.2) is 6.29 Å². The fourth-order valence-corrected chi connectivity index (χ4v) is 4.94. The maximum atomic E-state index is 9.97. The number of pyridine rings is 1. The number of aliphatic hydroxyl groups excluding tert-OH is 1. The fourth-order valence-electron chi connectivity index (χ4n) is 4.94. The van der Waals surface area contributed by atoms with Gasteiger partial charge in [0.25, 0.3) is 0 Å². The fraction of sp³-hybridized carbons (Fsp3) is 0.667. The smallest absolute Gasteiger partial charge is 0.155 e. The van der Waals surface area contributed by atoms with Crippen molar-refractivity contribution in [3.63, 3.8) is 0 Å². The molecule has 3 fully saturated rings. The minimum atomic E-state index is -0.596. The number of aromatic nitrogens is 1. The van der Waals surface area contributed by atoms with Crippen molar-refractivity contribution in [2.75, 3.05) is 6.61 Å². The van der Waals surface area contributed by atoms with E-state index in [0.717, 1.165) is 24.9 Å². The van der Waals surface area contributed by atoms with Crippen LogP contribution < -0.4 is 0 Å². The van der Waals surface area contributed by atoms with Crippen molar-refractivity contribution in [3.8, 4) is 0 Å². The van der Waals surface area contributed by atoms with Gasteiger partial charge in [-0.2, -0.15) is 0 Å². The van der Waals surface area contributed by atoms with Crippen molar-refractivity contribution < 1.29 is 9.84 Å². The molecule has 2 heterocycles. The van der Waals surface area contributed by atoms with Crippen LogP contribution in [0, 0.1) is 17.8 Å². The van der Waals surface area contributed by atoms with Gasteiger partial charge in [0.05, 0.1) is 6.61 Å². The summed E-state index contributed by atoms with van der Waals surface area (Å²) in [6.07, 6.45) is 7.96. The SMILES string of the molecule is O[C@@H]1C[C@@]2(c3cccnc3)[C@H]3CC[C@@H](C3)[C@@H]2CO1. The van der Waals surface area contributed by atoms with Gasteiger partial charge in [0.2, 0.25) is 0 Å². The standard InChI is InChI=1S/C15H19NO2/c17-14-7-15(12-2-1-5-16-8-12)11-4-3-10(6-11)13(15)9-18-14/h1-2,5,8,10-11,13-14,17H,3-4,6-7,9H2/t10-,11-,13-,14-,15-/m0/s1. The lowest BCUT2D eigenvalue weighted by Gasteiger charge is -2.48. The largest absolute Gasteiger partial charge is 0.368 e. The molecule has 5 atom stereocenters. The van der Waals surface area contributed by atoms with E-state index in [1.54, 1.807) is 0 Å². The summed E-state index contributed by atoms with van der Waals surface area (Å²) in [5.41, 5.74) is 1.46. The molecule has 0 aromatic carbocycles. The average Bonchev–Trinajstić information content (AvgIpc) is 3.00. The summed E-state index contributed by atoms with van der Waals surface area (Å²) in [5.74, 6) is 2.10. The van der Waals surface area contributed by atoms with Crippen molar-refractivity contribution >= 4 is 0 Å². The number of hydrogen-bond donors (Lipinski definition) is 1. The Bertz CT molecular complexity index is 449. The van der Waals surface area contributed by atoms with E-state index in [9.17, 15) is 5.11 Å². The monoisotopic (exact) mass is 245 g/mol. The topological polar surface area (TPSA) is 42.4 Å². The molecule has 1 aromatic heterocycles. The number of fused-ring (bicyclic) bond motifs is 5.